The lowest BCUT2D eigenvalue weighted by Crippen LogP contribution is -2.40. The molecule has 0 aliphatic rings. The minimum atomic E-state index is 0.773. The molecule has 0 fully saturated rings. The van der Waals surface area contributed by atoms with Crippen molar-refractivity contribution >= 4 is 0 Å². The molecule has 0 aliphatic carbocycles. The van der Waals surface area contributed by atoms with Crippen LogP contribution in [0, 0.1) is 0 Å². The number of nitrogens with zero attached hydrogens (tertiary/aromatic N) is 2. The van der Waals surface area contributed by atoms with Gasteiger partial charge in [0.25, 0.3) is 0 Å². The smallest absolute Gasteiger partial charge is 0.0295 e. The second kappa shape index (κ2) is 10.4. The van der Waals surface area contributed by atoms with E-state index in [-0.39, 0.29) is 0 Å². The Morgan fingerprint density at radius 3 is 1.60 bits per heavy atom. The van der Waals surface area contributed by atoms with Crippen molar-refractivity contribution < 1.29 is 0 Å². The fraction of sp³-hybridized carbons (Fsp3) is 1.00. The van der Waals surface area contributed by atoms with Crippen molar-refractivity contribution in [2.24, 2.45) is 11.7 Å². The van der Waals surface area contributed by atoms with Crippen molar-refractivity contribution in [1.29, 1.82) is 0 Å². The van der Waals surface area contributed by atoms with Gasteiger partial charge in [-0.15, -0.1) is 0 Å². The molecule has 0 saturated heterocycles. The summed E-state index contributed by atoms with van der Waals surface area (Å²) in [5.41, 5.74) is 0. The second-order valence-electron chi connectivity index (χ2n) is 4.14. The van der Waals surface area contributed by atoms with Crippen LogP contribution in [-0.2, 0) is 0 Å². The standard InChI is InChI=1S/C11H28N4/c1-3-5-8-14(9-6-4-2)10-7-11-15(12)13/h3-13H2,1-2H3. The maximum Gasteiger partial charge on any atom is 0.0295 e. The summed E-state index contributed by atoms with van der Waals surface area (Å²) < 4.78 is 0. The Balaban J connectivity index is 3.58. The Morgan fingerprint density at radius 2 is 1.20 bits per heavy atom. The van der Waals surface area contributed by atoms with Crippen molar-refractivity contribution in [3.8, 4) is 0 Å². The monoisotopic (exact) mass is 216 g/mol. The first kappa shape index (κ1) is 14.8. The van der Waals surface area contributed by atoms with Crippen LogP contribution >= 0.6 is 0 Å². The summed E-state index contributed by atoms with van der Waals surface area (Å²) in [4.78, 5) is 2.52. The molecule has 0 unspecified atom stereocenters. The van der Waals surface area contributed by atoms with Gasteiger partial charge in [0.15, 0.2) is 0 Å². The van der Waals surface area contributed by atoms with Crippen LogP contribution in [0.2, 0.25) is 0 Å². The van der Waals surface area contributed by atoms with Gasteiger partial charge in [-0.1, -0.05) is 26.7 Å². The van der Waals surface area contributed by atoms with Gasteiger partial charge in [-0.3, -0.25) is 11.7 Å². The molecule has 0 aliphatic heterocycles. The fourth-order valence-electron chi connectivity index (χ4n) is 1.58. The molecule has 0 aromatic heterocycles. The summed E-state index contributed by atoms with van der Waals surface area (Å²) in [6.07, 6.45) is 6.17. The zero-order chi connectivity index (χ0) is 11.5. The third kappa shape index (κ3) is 10.1. The topological polar surface area (TPSA) is 58.5 Å². The molecule has 0 saturated carbocycles. The molecule has 0 bridgehead atoms. The quantitative estimate of drug-likeness (QED) is 0.427. The molecule has 0 rings (SSSR count). The molecule has 0 radical (unpaired) electrons. The van der Waals surface area contributed by atoms with E-state index in [4.69, 9.17) is 11.7 Å². The van der Waals surface area contributed by atoms with Crippen molar-refractivity contribution in [3.05, 3.63) is 0 Å². The summed E-state index contributed by atoms with van der Waals surface area (Å²) >= 11 is 0. The SMILES string of the molecule is CCCCN(CCCC)CCCN(N)N. The maximum absolute atomic E-state index is 5.37. The lowest BCUT2D eigenvalue weighted by Gasteiger charge is -2.22. The average Bonchev–Trinajstić information content (AvgIpc) is 2.20. The van der Waals surface area contributed by atoms with E-state index in [1.54, 1.807) is 0 Å². The van der Waals surface area contributed by atoms with E-state index in [1.807, 2.05) is 0 Å². The Kier molecular flexibility index (Phi) is 10.3. The third-order valence-electron chi connectivity index (χ3n) is 2.55. The van der Waals surface area contributed by atoms with E-state index in [0.717, 1.165) is 19.5 Å². The first-order chi connectivity index (χ1) is 7.20. The van der Waals surface area contributed by atoms with Crippen LogP contribution in [0.4, 0.5) is 0 Å². The molecular formula is C11H28N4. The molecule has 0 heterocycles. The molecule has 0 aromatic rings. The molecule has 4 N–H and O–H groups in total. The highest BCUT2D eigenvalue weighted by molar-refractivity contribution is 4.58. The highest BCUT2D eigenvalue weighted by Gasteiger charge is 2.03. The van der Waals surface area contributed by atoms with Crippen LogP contribution in [0.1, 0.15) is 46.0 Å². The summed E-state index contributed by atoms with van der Waals surface area (Å²) in [7, 11) is 0. The van der Waals surface area contributed by atoms with Crippen LogP contribution < -0.4 is 11.7 Å². The molecule has 0 atom stereocenters. The lowest BCUT2D eigenvalue weighted by molar-refractivity contribution is 0.227. The van der Waals surface area contributed by atoms with Crippen molar-refractivity contribution in [2.45, 2.75) is 46.0 Å². The van der Waals surface area contributed by atoms with Gasteiger partial charge in [-0.25, -0.2) is 0 Å². The molecule has 4 heteroatoms. The minimum Gasteiger partial charge on any atom is -0.303 e. The first-order valence-corrected chi connectivity index (χ1v) is 6.20. The normalized spacial score (nSPS) is 11.6. The van der Waals surface area contributed by atoms with Crippen LogP contribution in [-0.4, -0.2) is 36.2 Å². The van der Waals surface area contributed by atoms with Gasteiger partial charge in [-0.2, -0.15) is 5.12 Å². The summed E-state index contributed by atoms with van der Waals surface area (Å²) in [5, 5.41) is 1.28. The van der Waals surface area contributed by atoms with Crippen molar-refractivity contribution in [3.63, 3.8) is 0 Å². The highest BCUT2D eigenvalue weighted by atomic mass is 15.6. The number of hydrogen-bond donors (Lipinski definition) is 2. The Hall–Kier alpha value is -0.160. The van der Waals surface area contributed by atoms with Gasteiger partial charge in [-0.05, 0) is 38.9 Å². The number of hydrogen-bond acceptors (Lipinski definition) is 4. The largest absolute Gasteiger partial charge is 0.303 e. The van der Waals surface area contributed by atoms with Crippen LogP contribution in [0.3, 0.4) is 0 Å². The predicted octanol–water partition coefficient (Wildman–Crippen LogP) is 1.33. The lowest BCUT2D eigenvalue weighted by atomic mass is 10.2. The van der Waals surface area contributed by atoms with Crippen LogP contribution in [0.15, 0.2) is 0 Å². The third-order valence-corrected chi connectivity index (χ3v) is 2.55. The zero-order valence-corrected chi connectivity index (χ0v) is 10.4. The van der Waals surface area contributed by atoms with Crippen LogP contribution in [0.5, 0.6) is 0 Å². The summed E-state index contributed by atoms with van der Waals surface area (Å²) in [6, 6.07) is 0. The first-order valence-electron chi connectivity index (χ1n) is 6.20. The number of hydrazine groups is 2. The Bertz CT molecular complexity index is 120. The Labute approximate surface area is 94.5 Å². The molecule has 0 amide bonds. The predicted molar refractivity (Wildman–Crippen MR) is 66.0 cm³/mol. The van der Waals surface area contributed by atoms with E-state index in [9.17, 15) is 0 Å². The minimum absolute atomic E-state index is 0.773. The van der Waals surface area contributed by atoms with Gasteiger partial charge < -0.3 is 4.90 Å². The van der Waals surface area contributed by atoms with Gasteiger partial charge in [0.1, 0.15) is 0 Å². The van der Waals surface area contributed by atoms with Gasteiger partial charge in [0.05, 0.1) is 0 Å². The van der Waals surface area contributed by atoms with E-state index < -0.39 is 0 Å². The molecule has 0 spiro atoms. The molecule has 92 valence electrons. The molecular weight excluding hydrogens is 188 g/mol. The fourth-order valence-corrected chi connectivity index (χ4v) is 1.58. The summed E-state index contributed by atoms with van der Waals surface area (Å²) in [6.45, 7) is 8.79. The van der Waals surface area contributed by atoms with E-state index in [0.29, 0.717) is 0 Å². The average molecular weight is 216 g/mol. The molecule has 0 aromatic carbocycles. The maximum atomic E-state index is 5.37. The zero-order valence-electron chi connectivity index (χ0n) is 10.4. The van der Waals surface area contributed by atoms with E-state index in [1.165, 1.54) is 43.9 Å². The van der Waals surface area contributed by atoms with Gasteiger partial charge in [0, 0.05) is 6.54 Å². The van der Waals surface area contributed by atoms with Crippen molar-refractivity contribution in [1.82, 2.24) is 10.0 Å². The molecule has 15 heavy (non-hydrogen) atoms. The van der Waals surface area contributed by atoms with E-state index in [2.05, 4.69) is 18.7 Å². The van der Waals surface area contributed by atoms with Gasteiger partial charge >= 0.3 is 0 Å². The molecule has 4 nitrogen and oxygen atoms in total. The number of unbranched alkanes of at least 4 members (excludes halogenated alkanes) is 2. The second-order valence-corrected chi connectivity index (χ2v) is 4.14. The van der Waals surface area contributed by atoms with E-state index >= 15 is 0 Å². The summed E-state index contributed by atoms with van der Waals surface area (Å²) in [5.74, 6) is 10.7. The number of nitrogens with two attached hydrogens (primary N) is 2. The van der Waals surface area contributed by atoms with Gasteiger partial charge in [0.2, 0.25) is 0 Å². The van der Waals surface area contributed by atoms with Crippen LogP contribution in [0.25, 0.3) is 0 Å². The van der Waals surface area contributed by atoms with Crippen molar-refractivity contribution in [2.75, 3.05) is 26.2 Å². The highest BCUT2D eigenvalue weighted by Crippen LogP contribution is 2.00. The number of rotatable bonds is 10. The Morgan fingerprint density at radius 1 is 0.733 bits per heavy atom.